The van der Waals surface area contributed by atoms with Crippen LogP contribution in [0.25, 0.3) is 0 Å². The molecule has 1 N–H and O–H groups in total. The minimum Gasteiger partial charge on any atom is -0.481 e. The Labute approximate surface area is 121 Å². The third kappa shape index (κ3) is 3.56. The summed E-state index contributed by atoms with van der Waals surface area (Å²) in [7, 11) is 0. The van der Waals surface area contributed by atoms with Gasteiger partial charge in [0.1, 0.15) is 5.82 Å². The lowest BCUT2D eigenvalue weighted by atomic mass is 9.72. The Hall–Kier alpha value is -0.900. The smallest absolute Gasteiger partial charge is 0.306 e. The summed E-state index contributed by atoms with van der Waals surface area (Å²) in [6, 6.07) is 4.62. The predicted octanol–water partition coefficient (Wildman–Crippen LogP) is 4.27. The van der Waals surface area contributed by atoms with Crippen LogP contribution in [0.2, 0.25) is 0 Å². The molecule has 0 heterocycles. The van der Waals surface area contributed by atoms with Crippen molar-refractivity contribution in [3.8, 4) is 0 Å². The largest absolute Gasteiger partial charge is 0.481 e. The fraction of sp³-hybridized carbons (Fsp3) is 0.533. The lowest BCUT2D eigenvalue weighted by Crippen LogP contribution is -2.31. The number of aliphatic carboxylic acids is 1. The number of carboxylic acids is 1. The summed E-state index contributed by atoms with van der Waals surface area (Å²) in [5.74, 6) is -0.534. The summed E-state index contributed by atoms with van der Waals surface area (Å²) < 4.78 is 13.8. The van der Waals surface area contributed by atoms with E-state index in [1.807, 2.05) is 0 Å². The number of carboxylic acid groups (broad SMARTS) is 1. The van der Waals surface area contributed by atoms with Crippen LogP contribution in [0, 0.1) is 23.6 Å². The molecule has 1 saturated carbocycles. The van der Waals surface area contributed by atoms with Gasteiger partial charge in [0.05, 0.1) is 5.92 Å². The van der Waals surface area contributed by atoms with Gasteiger partial charge in [-0.25, -0.2) is 4.39 Å². The summed E-state index contributed by atoms with van der Waals surface area (Å²) in [5, 5.41) is 9.31. The Morgan fingerprint density at radius 3 is 2.84 bits per heavy atom. The molecule has 1 aromatic carbocycles. The molecule has 2 nitrogen and oxygen atoms in total. The second-order valence-corrected chi connectivity index (χ2v) is 6.42. The van der Waals surface area contributed by atoms with Crippen molar-refractivity contribution in [2.75, 3.05) is 0 Å². The van der Waals surface area contributed by atoms with E-state index in [-0.39, 0.29) is 17.7 Å². The summed E-state index contributed by atoms with van der Waals surface area (Å²) in [6.45, 7) is 2.17. The molecule has 0 amide bonds. The second kappa shape index (κ2) is 6.04. The molecule has 1 aliphatic rings. The second-order valence-electron chi connectivity index (χ2n) is 5.56. The fourth-order valence-corrected chi connectivity index (χ4v) is 3.53. The monoisotopic (exact) mass is 328 g/mol. The summed E-state index contributed by atoms with van der Waals surface area (Å²) >= 11 is 3.36. The van der Waals surface area contributed by atoms with E-state index >= 15 is 0 Å². The fourth-order valence-electron chi connectivity index (χ4n) is 3.02. The molecular weight excluding hydrogens is 311 g/mol. The first kappa shape index (κ1) is 14.5. The van der Waals surface area contributed by atoms with E-state index in [1.165, 1.54) is 12.1 Å². The lowest BCUT2D eigenvalue weighted by molar-refractivity contribution is -0.145. The zero-order valence-corrected chi connectivity index (χ0v) is 12.5. The molecule has 0 aliphatic heterocycles. The van der Waals surface area contributed by atoms with Crippen molar-refractivity contribution in [1.82, 2.24) is 0 Å². The highest BCUT2D eigenvalue weighted by Crippen LogP contribution is 2.37. The molecule has 104 valence electrons. The van der Waals surface area contributed by atoms with Gasteiger partial charge >= 0.3 is 5.97 Å². The van der Waals surface area contributed by atoms with Gasteiger partial charge in [-0.2, -0.15) is 0 Å². The van der Waals surface area contributed by atoms with Crippen molar-refractivity contribution in [1.29, 1.82) is 0 Å². The van der Waals surface area contributed by atoms with Gasteiger partial charge in [-0.05, 0) is 55.2 Å². The van der Waals surface area contributed by atoms with E-state index in [1.54, 1.807) is 6.07 Å². The maximum absolute atomic E-state index is 13.1. The van der Waals surface area contributed by atoms with E-state index in [4.69, 9.17) is 0 Å². The maximum atomic E-state index is 13.1. The Morgan fingerprint density at radius 2 is 2.21 bits per heavy atom. The topological polar surface area (TPSA) is 37.3 Å². The number of hydrogen-bond donors (Lipinski definition) is 1. The van der Waals surface area contributed by atoms with Crippen LogP contribution >= 0.6 is 15.9 Å². The quantitative estimate of drug-likeness (QED) is 0.899. The van der Waals surface area contributed by atoms with Crippen molar-refractivity contribution in [2.45, 2.75) is 32.6 Å². The first-order chi connectivity index (χ1) is 8.97. The van der Waals surface area contributed by atoms with Gasteiger partial charge in [-0.15, -0.1) is 0 Å². The Kier molecular flexibility index (Phi) is 4.61. The van der Waals surface area contributed by atoms with E-state index < -0.39 is 5.97 Å². The molecule has 0 bridgehead atoms. The van der Waals surface area contributed by atoms with Crippen LogP contribution in [0.5, 0.6) is 0 Å². The standard InChI is InChI=1S/C15H18BrFO2/c1-9-2-5-13(15(18)19)11(6-9)7-10-3-4-12(17)8-14(10)16/h3-4,8-9,11,13H,2,5-7H2,1H3,(H,18,19). The van der Waals surface area contributed by atoms with Crippen LogP contribution < -0.4 is 0 Å². The number of halogens is 2. The van der Waals surface area contributed by atoms with E-state index in [9.17, 15) is 14.3 Å². The molecule has 1 fully saturated rings. The van der Waals surface area contributed by atoms with Crippen molar-refractivity contribution in [3.63, 3.8) is 0 Å². The zero-order chi connectivity index (χ0) is 14.0. The Balaban J connectivity index is 2.16. The summed E-state index contributed by atoms with van der Waals surface area (Å²) in [5.41, 5.74) is 0.992. The molecule has 1 aliphatic carbocycles. The molecule has 0 spiro atoms. The van der Waals surface area contributed by atoms with Gasteiger partial charge < -0.3 is 5.11 Å². The molecule has 19 heavy (non-hydrogen) atoms. The summed E-state index contributed by atoms with van der Waals surface area (Å²) in [4.78, 5) is 11.3. The van der Waals surface area contributed by atoms with Crippen LogP contribution in [-0.4, -0.2) is 11.1 Å². The molecule has 0 radical (unpaired) electrons. The lowest BCUT2D eigenvalue weighted by Gasteiger charge is -2.32. The Morgan fingerprint density at radius 1 is 1.47 bits per heavy atom. The molecule has 0 saturated heterocycles. The molecule has 2 rings (SSSR count). The van der Waals surface area contributed by atoms with Crippen molar-refractivity contribution in [2.24, 2.45) is 17.8 Å². The average Bonchev–Trinajstić information content (AvgIpc) is 2.32. The van der Waals surface area contributed by atoms with E-state index in [0.717, 1.165) is 29.3 Å². The number of benzene rings is 1. The van der Waals surface area contributed by atoms with Crippen LogP contribution in [0.1, 0.15) is 31.7 Å². The van der Waals surface area contributed by atoms with E-state index in [2.05, 4.69) is 22.9 Å². The number of rotatable bonds is 3. The highest BCUT2D eigenvalue weighted by atomic mass is 79.9. The van der Waals surface area contributed by atoms with Crippen molar-refractivity contribution >= 4 is 21.9 Å². The molecule has 0 aromatic heterocycles. The van der Waals surface area contributed by atoms with E-state index in [0.29, 0.717) is 12.3 Å². The van der Waals surface area contributed by atoms with Crippen LogP contribution in [0.4, 0.5) is 4.39 Å². The van der Waals surface area contributed by atoms with Gasteiger partial charge in [0.2, 0.25) is 0 Å². The highest BCUT2D eigenvalue weighted by molar-refractivity contribution is 9.10. The van der Waals surface area contributed by atoms with Gasteiger partial charge in [-0.3, -0.25) is 4.79 Å². The SMILES string of the molecule is CC1CCC(C(=O)O)C(Cc2ccc(F)cc2Br)C1. The minimum absolute atomic E-state index is 0.142. The first-order valence-electron chi connectivity index (χ1n) is 6.64. The minimum atomic E-state index is -0.699. The average molecular weight is 329 g/mol. The third-order valence-electron chi connectivity index (χ3n) is 4.06. The molecular formula is C15H18BrFO2. The first-order valence-corrected chi connectivity index (χ1v) is 7.43. The molecule has 3 unspecified atom stereocenters. The Bertz CT molecular complexity index is 475. The number of hydrogen-bond acceptors (Lipinski definition) is 1. The van der Waals surface area contributed by atoms with Gasteiger partial charge in [0.15, 0.2) is 0 Å². The molecule has 4 heteroatoms. The van der Waals surface area contributed by atoms with Crippen molar-refractivity contribution in [3.05, 3.63) is 34.1 Å². The van der Waals surface area contributed by atoms with Gasteiger partial charge in [0.25, 0.3) is 0 Å². The van der Waals surface area contributed by atoms with Crippen LogP contribution in [0.15, 0.2) is 22.7 Å². The number of carbonyl (C=O) groups is 1. The van der Waals surface area contributed by atoms with Crippen molar-refractivity contribution < 1.29 is 14.3 Å². The highest BCUT2D eigenvalue weighted by Gasteiger charge is 2.33. The predicted molar refractivity (Wildman–Crippen MR) is 75.4 cm³/mol. The summed E-state index contributed by atoms with van der Waals surface area (Å²) in [6.07, 6.45) is 3.36. The zero-order valence-electron chi connectivity index (χ0n) is 10.9. The maximum Gasteiger partial charge on any atom is 0.306 e. The molecule has 1 aromatic rings. The van der Waals surface area contributed by atoms with Crippen LogP contribution in [-0.2, 0) is 11.2 Å². The van der Waals surface area contributed by atoms with Gasteiger partial charge in [-0.1, -0.05) is 28.9 Å². The van der Waals surface area contributed by atoms with Gasteiger partial charge in [0, 0.05) is 4.47 Å². The third-order valence-corrected chi connectivity index (χ3v) is 4.80. The molecule has 3 atom stereocenters. The van der Waals surface area contributed by atoms with Crippen LogP contribution in [0.3, 0.4) is 0 Å². The normalized spacial score (nSPS) is 27.2.